The molecule has 1 aliphatic rings. The molecule has 11 nitrogen and oxygen atoms in total. The first-order valence-electron chi connectivity index (χ1n) is 5.53. The highest BCUT2D eigenvalue weighted by atomic mass is 16.7. The topological polar surface area (TPSA) is 160 Å². The van der Waals surface area contributed by atoms with E-state index in [9.17, 15) is 25.0 Å². The molecule has 0 aromatic heterocycles. The standard InChI is InChI=1S/C10H12N4O7/c1-20-6-8(15)21-12-9(11)7-2-4-10(5-3-7,13(16)17)14(18)19/h2-5,7H,6H2,1H3,(H2,11,12). The van der Waals surface area contributed by atoms with Gasteiger partial charge in [-0.15, -0.1) is 0 Å². The predicted molar refractivity (Wildman–Crippen MR) is 68.1 cm³/mol. The van der Waals surface area contributed by atoms with E-state index in [4.69, 9.17) is 5.73 Å². The Morgan fingerprint density at radius 3 is 2.29 bits per heavy atom. The molecule has 0 saturated heterocycles. The number of hydrogen-bond acceptors (Lipinski definition) is 8. The van der Waals surface area contributed by atoms with E-state index in [0.717, 1.165) is 24.3 Å². The van der Waals surface area contributed by atoms with E-state index in [1.54, 1.807) is 0 Å². The lowest BCUT2D eigenvalue weighted by molar-refractivity contribution is -0.765. The van der Waals surface area contributed by atoms with Gasteiger partial charge in [0.05, 0.1) is 18.1 Å². The van der Waals surface area contributed by atoms with Gasteiger partial charge in [0.2, 0.25) is 0 Å². The Morgan fingerprint density at radius 1 is 1.33 bits per heavy atom. The first-order chi connectivity index (χ1) is 9.83. The summed E-state index contributed by atoms with van der Waals surface area (Å²) in [6.07, 6.45) is 3.84. The van der Waals surface area contributed by atoms with Crippen molar-refractivity contribution >= 4 is 11.8 Å². The number of hydrogen-bond donors (Lipinski definition) is 1. The number of ether oxygens (including phenoxy) is 1. The quantitative estimate of drug-likeness (QED) is 0.130. The smallest absolute Gasteiger partial charge is 0.384 e. The summed E-state index contributed by atoms with van der Waals surface area (Å²) in [5.74, 6) is -1.73. The van der Waals surface area contributed by atoms with E-state index in [1.807, 2.05) is 0 Å². The van der Waals surface area contributed by atoms with Crippen LogP contribution in [0.3, 0.4) is 0 Å². The van der Waals surface area contributed by atoms with Crippen LogP contribution in [0.2, 0.25) is 0 Å². The molecule has 0 atom stereocenters. The van der Waals surface area contributed by atoms with Crippen molar-refractivity contribution < 1.29 is 24.2 Å². The lowest BCUT2D eigenvalue weighted by Gasteiger charge is -2.15. The highest BCUT2D eigenvalue weighted by Gasteiger charge is 2.52. The molecule has 0 unspecified atom stereocenters. The molecule has 0 aromatic carbocycles. The summed E-state index contributed by atoms with van der Waals surface area (Å²) < 4.78 is 4.50. The van der Waals surface area contributed by atoms with Crippen molar-refractivity contribution in [3.8, 4) is 0 Å². The fraction of sp³-hybridized carbons (Fsp3) is 0.400. The van der Waals surface area contributed by atoms with Gasteiger partial charge in [-0.05, 0) is 0 Å². The first kappa shape index (κ1) is 16.2. The van der Waals surface area contributed by atoms with E-state index >= 15 is 0 Å². The molecule has 0 aliphatic heterocycles. The van der Waals surface area contributed by atoms with Crippen molar-refractivity contribution in [2.24, 2.45) is 16.8 Å². The van der Waals surface area contributed by atoms with E-state index in [2.05, 4.69) is 14.7 Å². The van der Waals surface area contributed by atoms with Crippen LogP contribution in [-0.4, -0.2) is 41.0 Å². The van der Waals surface area contributed by atoms with Gasteiger partial charge in [-0.1, -0.05) is 17.3 Å². The average molecular weight is 300 g/mol. The van der Waals surface area contributed by atoms with Crippen molar-refractivity contribution in [2.45, 2.75) is 5.66 Å². The molecule has 11 heteroatoms. The molecular formula is C10H12N4O7. The average Bonchev–Trinajstić information content (AvgIpc) is 2.44. The van der Waals surface area contributed by atoms with Crippen LogP contribution >= 0.6 is 0 Å². The molecule has 114 valence electrons. The second-order valence-electron chi connectivity index (χ2n) is 3.95. The van der Waals surface area contributed by atoms with Gasteiger partial charge in [-0.25, -0.2) is 4.79 Å². The molecule has 0 fully saturated rings. The summed E-state index contributed by atoms with van der Waals surface area (Å²) in [7, 11) is 1.29. The fourth-order valence-corrected chi connectivity index (χ4v) is 1.43. The van der Waals surface area contributed by atoms with Crippen molar-refractivity contribution in [3.63, 3.8) is 0 Å². The van der Waals surface area contributed by atoms with Gasteiger partial charge < -0.3 is 15.3 Å². The zero-order valence-corrected chi connectivity index (χ0v) is 10.9. The van der Waals surface area contributed by atoms with Crippen molar-refractivity contribution in [1.29, 1.82) is 0 Å². The summed E-state index contributed by atoms with van der Waals surface area (Å²) in [5, 5.41) is 24.9. The van der Waals surface area contributed by atoms with E-state index < -0.39 is 27.4 Å². The summed E-state index contributed by atoms with van der Waals surface area (Å²) in [4.78, 5) is 34.9. The first-order valence-corrected chi connectivity index (χ1v) is 5.53. The van der Waals surface area contributed by atoms with E-state index in [-0.39, 0.29) is 12.4 Å². The Hall–Kier alpha value is -2.82. The molecule has 0 bridgehead atoms. The Bertz CT molecular complexity index is 510. The second-order valence-corrected chi connectivity index (χ2v) is 3.95. The molecule has 0 spiro atoms. The van der Waals surface area contributed by atoms with Crippen LogP contribution in [0.25, 0.3) is 0 Å². The van der Waals surface area contributed by atoms with Gasteiger partial charge >= 0.3 is 11.6 Å². The van der Waals surface area contributed by atoms with Crippen molar-refractivity contribution in [3.05, 3.63) is 44.5 Å². The summed E-state index contributed by atoms with van der Waals surface area (Å²) >= 11 is 0. The van der Waals surface area contributed by atoms with Crippen LogP contribution in [0.15, 0.2) is 29.5 Å². The van der Waals surface area contributed by atoms with E-state index in [1.165, 1.54) is 7.11 Å². The lowest BCUT2D eigenvalue weighted by Crippen LogP contribution is -2.44. The molecule has 0 saturated carbocycles. The largest absolute Gasteiger partial charge is 0.497 e. The number of nitrogens with two attached hydrogens (primary N) is 1. The fourth-order valence-electron chi connectivity index (χ4n) is 1.43. The highest BCUT2D eigenvalue weighted by molar-refractivity contribution is 5.86. The maximum atomic E-state index is 11.0. The second kappa shape index (κ2) is 6.56. The number of carbonyl (C=O) groups is 1. The van der Waals surface area contributed by atoms with Crippen molar-refractivity contribution in [2.75, 3.05) is 13.7 Å². The molecule has 1 rings (SSSR count). The molecule has 21 heavy (non-hydrogen) atoms. The third-order valence-electron chi connectivity index (χ3n) is 2.54. The number of carbonyl (C=O) groups excluding carboxylic acids is 1. The van der Waals surface area contributed by atoms with Crippen LogP contribution < -0.4 is 5.73 Å². The number of methoxy groups -OCH3 is 1. The predicted octanol–water partition coefficient (Wildman–Crippen LogP) is -0.560. The molecule has 0 aromatic rings. The number of rotatable bonds is 6. The van der Waals surface area contributed by atoms with Gasteiger partial charge in [0, 0.05) is 7.11 Å². The number of amidine groups is 1. The van der Waals surface area contributed by atoms with Crippen LogP contribution in [0, 0.1) is 26.1 Å². The van der Waals surface area contributed by atoms with Gasteiger partial charge in [0.25, 0.3) is 0 Å². The number of oxime groups is 1. The number of nitro groups is 2. The molecular weight excluding hydrogens is 288 g/mol. The number of nitrogens with zero attached hydrogens (tertiary/aromatic N) is 3. The van der Waals surface area contributed by atoms with Gasteiger partial charge in [-0.2, -0.15) is 0 Å². The summed E-state index contributed by atoms with van der Waals surface area (Å²) in [6.45, 7) is -0.321. The minimum Gasteiger partial charge on any atom is -0.384 e. The lowest BCUT2D eigenvalue weighted by atomic mass is 9.96. The third kappa shape index (κ3) is 3.60. The molecule has 0 radical (unpaired) electrons. The van der Waals surface area contributed by atoms with Crippen LogP contribution in [0.1, 0.15) is 0 Å². The highest BCUT2D eigenvalue weighted by Crippen LogP contribution is 2.22. The van der Waals surface area contributed by atoms with Gasteiger partial charge in [0.15, 0.2) is 5.84 Å². The Balaban J connectivity index is 2.81. The van der Waals surface area contributed by atoms with Crippen LogP contribution in [0.5, 0.6) is 0 Å². The maximum absolute atomic E-state index is 11.0. The van der Waals surface area contributed by atoms with E-state index in [0.29, 0.717) is 0 Å². The minimum atomic E-state index is -2.52. The summed E-state index contributed by atoms with van der Waals surface area (Å²) in [6, 6.07) is 0. The zero-order valence-electron chi connectivity index (χ0n) is 10.9. The minimum absolute atomic E-state index is 0.188. The third-order valence-corrected chi connectivity index (χ3v) is 2.54. The normalized spacial score (nSPS) is 17.5. The summed E-state index contributed by atoms with van der Waals surface area (Å²) in [5.41, 5.74) is 3.00. The molecule has 1 aliphatic carbocycles. The van der Waals surface area contributed by atoms with Crippen LogP contribution in [0.4, 0.5) is 0 Å². The van der Waals surface area contributed by atoms with Gasteiger partial charge in [-0.3, -0.25) is 20.2 Å². The molecule has 0 amide bonds. The SMILES string of the molecule is COCC(=O)O/N=C(/N)C1C=CC([N+](=O)[O-])([N+](=O)[O-])C=C1. The zero-order chi connectivity index (χ0) is 16.0. The molecule has 2 N–H and O–H groups in total. The van der Waals surface area contributed by atoms with Crippen molar-refractivity contribution in [1.82, 2.24) is 0 Å². The Labute approximate surface area is 118 Å². The maximum Gasteiger partial charge on any atom is 0.497 e. The van der Waals surface area contributed by atoms with Crippen LogP contribution in [-0.2, 0) is 14.4 Å². The van der Waals surface area contributed by atoms with Gasteiger partial charge in [0.1, 0.15) is 16.5 Å². The Morgan fingerprint density at radius 2 is 1.86 bits per heavy atom. The monoisotopic (exact) mass is 300 g/mol. The molecule has 0 heterocycles. The Kier molecular flexibility index (Phi) is 5.07.